The maximum atomic E-state index is 10.7. The van der Waals surface area contributed by atoms with Gasteiger partial charge >= 0.3 is 49.6 Å². The van der Waals surface area contributed by atoms with Crippen LogP contribution in [-0.2, 0) is 39.9 Å². The quantitative estimate of drug-likeness (QED) is 0.381. The summed E-state index contributed by atoms with van der Waals surface area (Å²) in [7, 11) is 1.32. The van der Waals surface area contributed by atoms with Crippen molar-refractivity contribution in [2.75, 3.05) is 7.11 Å². The van der Waals surface area contributed by atoms with Crippen LogP contribution in [0.1, 0.15) is 6.92 Å². The van der Waals surface area contributed by atoms with Crippen LogP contribution >= 0.6 is 0 Å². The van der Waals surface area contributed by atoms with Gasteiger partial charge in [-0.25, -0.2) is 0 Å². The number of rotatable bonds is 3. The van der Waals surface area contributed by atoms with Crippen molar-refractivity contribution in [3.05, 3.63) is 76.8 Å². The van der Waals surface area contributed by atoms with Gasteiger partial charge in [0.15, 0.2) is 0 Å². The van der Waals surface area contributed by atoms with E-state index in [2.05, 4.69) is 31.5 Å². The molecule has 5 heteroatoms. The van der Waals surface area contributed by atoms with E-state index in [1.165, 1.54) is 7.11 Å². The first-order chi connectivity index (χ1) is 9.07. The fourth-order valence-corrected chi connectivity index (χ4v) is 0.808. The van der Waals surface area contributed by atoms with E-state index in [1.807, 2.05) is 32.1 Å². The van der Waals surface area contributed by atoms with Gasteiger partial charge in [-0.05, 0) is 46.0 Å². The van der Waals surface area contributed by atoms with Gasteiger partial charge in [0.2, 0.25) is 0 Å². The van der Waals surface area contributed by atoms with Crippen molar-refractivity contribution in [2.45, 2.75) is 6.92 Å². The molecule has 0 aromatic heterocycles. The molecule has 1 fully saturated rings. The molecule has 8 radical (unpaired) electrons. The molecule has 20 heavy (non-hydrogen) atoms. The molecule has 0 aromatic carbocycles. The molecule has 0 bridgehead atoms. The summed E-state index contributed by atoms with van der Waals surface area (Å²) < 4.78 is 19.4. The van der Waals surface area contributed by atoms with Gasteiger partial charge in [-0.2, -0.15) is 0 Å². The Labute approximate surface area is 137 Å². The van der Waals surface area contributed by atoms with Crippen molar-refractivity contribution in [2.24, 2.45) is 0 Å². The number of esters is 1. The summed E-state index contributed by atoms with van der Waals surface area (Å²) >= 11 is 0. The maximum Gasteiger partial charge on any atom is 2.00 e. The minimum absolute atomic E-state index is 0. The normalized spacial score (nSPS) is 11.0. The second-order valence-corrected chi connectivity index (χ2v) is 2.97. The van der Waals surface area contributed by atoms with Gasteiger partial charge in [-0.3, -0.25) is 4.79 Å². The van der Waals surface area contributed by atoms with Gasteiger partial charge < -0.3 is 4.74 Å². The molecule has 1 aliphatic carbocycles. The molecule has 0 unspecified atom stereocenters. The molecule has 4 nitrogen and oxygen atoms in total. The van der Waals surface area contributed by atoms with Crippen LogP contribution in [0.2, 0.25) is 0 Å². The molecule has 0 atom stereocenters. The third-order valence-corrected chi connectivity index (χ3v) is 1.42. The second kappa shape index (κ2) is 23.5. The predicted molar refractivity (Wildman–Crippen MR) is 69.1 cm³/mol. The zero-order valence-corrected chi connectivity index (χ0v) is 14.4. The fraction of sp³-hybridized carbons (Fsp3) is 0.133. The van der Waals surface area contributed by atoms with Crippen LogP contribution in [0.5, 0.6) is 0 Å². The molecule has 0 N–H and O–H groups in total. The molecule has 0 heterocycles. The summed E-state index contributed by atoms with van der Waals surface area (Å²) in [6.07, 6.45) is 11.6. The first-order valence-corrected chi connectivity index (χ1v) is 4.93. The third kappa shape index (κ3) is 22.5. The van der Waals surface area contributed by atoms with E-state index in [4.69, 9.17) is 9.30 Å². The van der Waals surface area contributed by atoms with E-state index in [0.717, 1.165) is 5.57 Å². The number of hydrogen-bond donors (Lipinski definition) is 0. The zero-order valence-electron chi connectivity index (χ0n) is 11.4. The number of ether oxygens (including phenoxy) is 1. The maximum absolute atomic E-state index is 10.7. The van der Waals surface area contributed by atoms with Crippen molar-refractivity contribution in [1.82, 2.24) is 0 Å². The fourth-order valence-electron chi connectivity index (χ4n) is 0.808. The Morgan fingerprint density at radius 3 is 1.60 bits per heavy atom. The first-order valence-electron chi connectivity index (χ1n) is 4.93. The number of allylic oxidation sites excluding steroid dienone is 1. The monoisotopic (exact) mass is 444 g/mol. The van der Waals surface area contributed by atoms with Crippen LogP contribution in [0.25, 0.3) is 0 Å². The Morgan fingerprint density at radius 1 is 1.10 bits per heavy atom. The second-order valence-electron chi connectivity index (χ2n) is 2.97. The summed E-state index contributed by atoms with van der Waals surface area (Å²) in [5.41, 5.74) is 0.787. The zero-order chi connectivity index (χ0) is 15.7. The number of carbonyl (C=O) groups is 1. The Hall–Kier alpha value is -0.622. The van der Waals surface area contributed by atoms with E-state index in [1.54, 1.807) is 13.3 Å². The van der Waals surface area contributed by atoms with Gasteiger partial charge in [0.05, 0.1) is 13.0 Å². The average molecular weight is 444 g/mol. The SMILES string of the molecule is [C-]#[O+].[C-]#[O+].[CH2][C]([CH]C(=C)C)C(=O)OC.[CH]1[CH][CH][CH][CH]1.[W+2]. The molecule has 0 spiro atoms. The van der Waals surface area contributed by atoms with Crippen LogP contribution < -0.4 is 0 Å². The van der Waals surface area contributed by atoms with Crippen LogP contribution in [0.4, 0.5) is 0 Å². The minimum atomic E-state index is -0.414. The van der Waals surface area contributed by atoms with Crippen molar-refractivity contribution in [3.8, 4) is 0 Å². The van der Waals surface area contributed by atoms with Crippen LogP contribution in [0.3, 0.4) is 0 Å². The van der Waals surface area contributed by atoms with Crippen molar-refractivity contribution in [3.63, 3.8) is 0 Å². The average Bonchev–Trinajstić information content (AvgIpc) is 3.01. The van der Waals surface area contributed by atoms with E-state index >= 15 is 0 Å². The summed E-state index contributed by atoms with van der Waals surface area (Å²) in [5.74, 6) is -0.0852. The van der Waals surface area contributed by atoms with Gasteiger partial charge in [0.25, 0.3) is 0 Å². The molecule has 1 aliphatic rings. The first kappa shape index (κ1) is 27.7. The van der Waals surface area contributed by atoms with E-state index in [0.29, 0.717) is 5.92 Å². The summed E-state index contributed by atoms with van der Waals surface area (Å²) in [6, 6.07) is 0. The van der Waals surface area contributed by atoms with Crippen LogP contribution in [-0.4, -0.2) is 13.1 Å². The van der Waals surface area contributed by atoms with E-state index in [-0.39, 0.29) is 21.1 Å². The Bertz CT molecular complexity index is 254. The Morgan fingerprint density at radius 2 is 1.40 bits per heavy atom. The van der Waals surface area contributed by atoms with Gasteiger partial charge in [-0.1, -0.05) is 12.2 Å². The molecule has 1 saturated carbocycles. The van der Waals surface area contributed by atoms with Crippen molar-refractivity contribution >= 4 is 5.97 Å². The Balaban J connectivity index is -0.000000108. The third-order valence-electron chi connectivity index (χ3n) is 1.42. The molecular formula is C15H16O4W+2. The predicted octanol–water partition coefficient (Wildman–Crippen LogP) is 2.29. The van der Waals surface area contributed by atoms with Gasteiger partial charge in [-0.15, -0.1) is 0 Å². The summed E-state index contributed by atoms with van der Waals surface area (Å²) in [4.78, 5) is 10.7. The minimum Gasteiger partial charge on any atom is -0.469 e. The molecule has 104 valence electrons. The summed E-state index contributed by atoms with van der Waals surface area (Å²) in [5, 5.41) is 0. The van der Waals surface area contributed by atoms with Crippen LogP contribution in [0.15, 0.2) is 12.2 Å². The molecule has 0 aromatic rings. The number of hydrogen-bond acceptors (Lipinski definition) is 2. The van der Waals surface area contributed by atoms with Crippen molar-refractivity contribution < 1.29 is 39.9 Å². The molecule has 1 rings (SSSR count). The topological polar surface area (TPSA) is 66.1 Å². The smallest absolute Gasteiger partial charge is 0.469 e. The van der Waals surface area contributed by atoms with Crippen LogP contribution in [0, 0.1) is 64.7 Å². The Kier molecular flexibility index (Phi) is 32.5. The summed E-state index contributed by atoms with van der Waals surface area (Å²) in [6.45, 7) is 17.8. The molecular weight excluding hydrogens is 428 g/mol. The van der Waals surface area contributed by atoms with Crippen molar-refractivity contribution in [1.29, 1.82) is 0 Å². The van der Waals surface area contributed by atoms with E-state index < -0.39 is 5.97 Å². The number of carbonyl (C=O) groups excluding carboxylic acids is 1. The van der Waals surface area contributed by atoms with Gasteiger partial charge in [0, 0.05) is 6.42 Å². The largest absolute Gasteiger partial charge is 2.00 e. The molecule has 0 amide bonds. The van der Waals surface area contributed by atoms with Gasteiger partial charge in [0.1, 0.15) is 0 Å². The number of methoxy groups -OCH3 is 1. The van der Waals surface area contributed by atoms with E-state index in [9.17, 15) is 4.79 Å². The standard InChI is InChI=1S/C8H11O2.C5H5.2CO.W/c1-6(2)5-7(3)8(9)10-4;1-2-4-5-3-1;2*1-2;/h5H,1,3H2,2,4H3;1-5H;;;/q;;;;+2. The molecule has 0 aliphatic heterocycles. The molecule has 0 saturated heterocycles.